The lowest BCUT2D eigenvalue weighted by atomic mass is 10.4. The molecule has 0 fully saturated rings. The lowest BCUT2D eigenvalue weighted by molar-refractivity contribution is 0.748. The van der Waals surface area contributed by atoms with Gasteiger partial charge in [-0.15, -0.1) is 18.2 Å². The minimum Gasteiger partial charge on any atom is -0.305 e. The molecule has 0 spiro atoms. The summed E-state index contributed by atoms with van der Waals surface area (Å²) in [5, 5.41) is 7.79. The van der Waals surface area contributed by atoms with E-state index in [4.69, 9.17) is 6.42 Å². The van der Waals surface area contributed by atoms with E-state index in [2.05, 4.69) is 23.3 Å². The molecule has 0 saturated carbocycles. The lowest BCUT2D eigenvalue weighted by Gasteiger charge is -2.08. The van der Waals surface area contributed by atoms with E-state index in [-0.39, 0.29) is 0 Å². The van der Waals surface area contributed by atoms with Gasteiger partial charge < -0.3 is 5.32 Å². The number of hydrogen-bond acceptors (Lipinski definition) is 3. The zero-order valence-corrected chi connectivity index (χ0v) is 9.34. The van der Waals surface area contributed by atoms with Crippen LogP contribution in [0.1, 0.15) is 6.92 Å². The zero-order chi connectivity index (χ0) is 10.4. The van der Waals surface area contributed by atoms with Crippen LogP contribution in [0, 0.1) is 12.3 Å². The Hall–Kier alpha value is -0.920. The van der Waals surface area contributed by atoms with Gasteiger partial charge in [0.25, 0.3) is 0 Å². The normalized spacial score (nSPS) is 12.4. The molecule has 0 amide bonds. The lowest BCUT2D eigenvalue weighted by Crippen LogP contribution is -2.22. The van der Waals surface area contributed by atoms with Crippen LogP contribution in [0.15, 0.2) is 17.3 Å². The third kappa shape index (κ3) is 3.86. The van der Waals surface area contributed by atoms with Crippen molar-refractivity contribution in [2.75, 3.05) is 13.1 Å². The number of nitrogens with zero attached hydrogens (tertiary/aromatic N) is 2. The van der Waals surface area contributed by atoms with E-state index in [1.807, 2.05) is 24.1 Å². The number of thioether (sulfide) groups is 1. The summed E-state index contributed by atoms with van der Waals surface area (Å²) in [5.74, 6) is 2.55. The fourth-order valence-corrected chi connectivity index (χ4v) is 2.07. The molecular weight excluding hydrogens is 194 g/mol. The average Bonchev–Trinajstić information content (AvgIpc) is 2.52. The maximum absolute atomic E-state index is 5.14. The first-order valence-electron chi connectivity index (χ1n) is 4.52. The fourth-order valence-electron chi connectivity index (χ4n) is 1.08. The fraction of sp³-hybridized carbons (Fsp3) is 0.500. The summed E-state index contributed by atoms with van der Waals surface area (Å²) in [6.07, 6.45) is 9.03. The van der Waals surface area contributed by atoms with Gasteiger partial charge in [-0.1, -0.05) is 12.8 Å². The Balaban J connectivity index is 2.27. The molecule has 0 aliphatic heterocycles. The maximum Gasteiger partial charge on any atom is 0.0625 e. The number of rotatable bonds is 5. The van der Waals surface area contributed by atoms with Crippen LogP contribution in [0.25, 0.3) is 0 Å². The minimum atomic E-state index is 0.507. The number of terminal acetylenes is 1. The first-order valence-corrected chi connectivity index (χ1v) is 5.40. The molecule has 1 N–H and O–H groups in total. The van der Waals surface area contributed by atoms with Crippen molar-refractivity contribution in [2.45, 2.75) is 17.1 Å². The van der Waals surface area contributed by atoms with Gasteiger partial charge in [-0.3, -0.25) is 4.68 Å². The van der Waals surface area contributed by atoms with Crippen LogP contribution >= 0.6 is 11.8 Å². The van der Waals surface area contributed by atoms with E-state index in [0.29, 0.717) is 11.8 Å². The topological polar surface area (TPSA) is 29.9 Å². The quantitative estimate of drug-likeness (QED) is 0.448. The summed E-state index contributed by atoms with van der Waals surface area (Å²) >= 11 is 1.80. The molecule has 14 heavy (non-hydrogen) atoms. The molecule has 76 valence electrons. The Morgan fingerprint density at radius 2 is 2.57 bits per heavy atom. The Bertz CT molecular complexity index is 313. The Morgan fingerprint density at radius 1 is 1.79 bits per heavy atom. The van der Waals surface area contributed by atoms with Gasteiger partial charge in [0.1, 0.15) is 0 Å². The molecular formula is C10H15N3S. The predicted octanol–water partition coefficient (Wildman–Crippen LogP) is 1.12. The first-order chi connectivity index (χ1) is 6.72. The van der Waals surface area contributed by atoms with Gasteiger partial charge in [-0.25, -0.2) is 0 Å². The van der Waals surface area contributed by atoms with Gasteiger partial charge >= 0.3 is 0 Å². The van der Waals surface area contributed by atoms with Gasteiger partial charge in [-0.05, 0) is 0 Å². The molecule has 1 heterocycles. The van der Waals surface area contributed by atoms with Crippen molar-refractivity contribution in [3.8, 4) is 12.3 Å². The second kappa shape index (κ2) is 5.74. The molecule has 1 aromatic heterocycles. The van der Waals surface area contributed by atoms with Crippen LogP contribution in [0.5, 0.6) is 0 Å². The number of aromatic nitrogens is 2. The Labute approximate surface area is 89.3 Å². The summed E-state index contributed by atoms with van der Waals surface area (Å²) in [6, 6.07) is 0. The van der Waals surface area contributed by atoms with E-state index in [1.54, 1.807) is 11.8 Å². The van der Waals surface area contributed by atoms with Gasteiger partial charge in [0.2, 0.25) is 0 Å². The van der Waals surface area contributed by atoms with Crippen molar-refractivity contribution in [1.29, 1.82) is 0 Å². The standard InChI is InChI=1S/C10H15N3S/c1-4-5-11-6-9(2)14-10-7-12-13(3)8-10/h1,7-9,11H,5-6H2,2-3H3. The molecule has 0 radical (unpaired) electrons. The monoisotopic (exact) mass is 209 g/mol. The van der Waals surface area contributed by atoms with Crippen molar-refractivity contribution >= 4 is 11.8 Å². The minimum absolute atomic E-state index is 0.507. The number of hydrogen-bond donors (Lipinski definition) is 1. The van der Waals surface area contributed by atoms with E-state index < -0.39 is 0 Å². The Kier molecular flexibility index (Phi) is 4.57. The summed E-state index contributed by atoms with van der Waals surface area (Å²) in [7, 11) is 1.92. The first kappa shape index (κ1) is 11.2. The molecule has 1 rings (SSSR count). The van der Waals surface area contributed by atoms with E-state index in [9.17, 15) is 0 Å². The molecule has 1 unspecified atom stereocenters. The zero-order valence-electron chi connectivity index (χ0n) is 8.53. The highest BCUT2D eigenvalue weighted by Crippen LogP contribution is 2.21. The molecule has 1 aromatic rings. The smallest absolute Gasteiger partial charge is 0.0625 e. The van der Waals surface area contributed by atoms with Crippen molar-refractivity contribution in [2.24, 2.45) is 7.05 Å². The highest BCUT2D eigenvalue weighted by molar-refractivity contribution is 8.00. The van der Waals surface area contributed by atoms with Crippen LogP contribution in [-0.2, 0) is 7.05 Å². The third-order valence-corrected chi connectivity index (χ3v) is 2.73. The molecule has 0 saturated heterocycles. The highest BCUT2D eigenvalue weighted by atomic mass is 32.2. The summed E-state index contributed by atoms with van der Waals surface area (Å²) in [5.41, 5.74) is 0. The third-order valence-electron chi connectivity index (χ3n) is 1.68. The van der Waals surface area contributed by atoms with Crippen molar-refractivity contribution in [3.05, 3.63) is 12.4 Å². The van der Waals surface area contributed by atoms with Gasteiger partial charge in [0, 0.05) is 29.9 Å². The molecule has 0 aliphatic rings. The highest BCUT2D eigenvalue weighted by Gasteiger charge is 2.04. The Morgan fingerprint density at radius 3 is 3.14 bits per heavy atom. The van der Waals surface area contributed by atoms with Crippen LogP contribution in [0.2, 0.25) is 0 Å². The number of nitrogens with one attached hydrogen (secondary N) is 1. The van der Waals surface area contributed by atoms with E-state index in [1.165, 1.54) is 4.90 Å². The maximum atomic E-state index is 5.14. The van der Waals surface area contributed by atoms with Crippen LogP contribution < -0.4 is 5.32 Å². The average molecular weight is 209 g/mol. The summed E-state index contributed by atoms with van der Waals surface area (Å²) in [4.78, 5) is 1.20. The van der Waals surface area contributed by atoms with Crippen LogP contribution in [0.3, 0.4) is 0 Å². The molecule has 4 heteroatoms. The molecule has 0 aromatic carbocycles. The summed E-state index contributed by atoms with van der Waals surface area (Å²) in [6.45, 7) is 3.73. The number of aryl methyl sites for hydroxylation is 1. The van der Waals surface area contributed by atoms with Gasteiger partial charge in [0.15, 0.2) is 0 Å². The second-order valence-corrected chi connectivity index (χ2v) is 4.63. The van der Waals surface area contributed by atoms with E-state index in [0.717, 1.165) is 6.54 Å². The van der Waals surface area contributed by atoms with Crippen molar-refractivity contribution < 1.29 is 0 Å². The second-order valence-electron chi connectivity index (χ2n) is 3.11. The van der Waals surface area contributed by atoms with Gasteiger partial charge in [0.05, 0.1) is 12.7 Å². The summed E-state index contributed by atoms with van der Waals surface area (Å²) < 4.78 is 1.81. The van der Waals surface area contributed by atoms with Crippen molar-refractivity contribution in [1.82, 2.24) is 15.1 Å². The molecule has 3 nitrogen and oxygen atoms in total. The van der Waals surface area contributed by atoms with Crippen LogP contribution in [-0.4, -0.2) is 28.1 Å². The van der Waals surface area contributed by atoms with Crippen molar-refractivity contribution in [3.63, 3.8) is 0 Å². The van der Waals surface area contributed by atoms with Crippen LogP contribution in [0.4, 0.5) is 0 Å². The molecule has 0 bridgehead atoms. The van der Waals surface area contributed by atoms with Gasteiger partial charge in [-0.2, -0.15) is 5.10 Å². The predicted molar refractivity (Wildman–Crippen MR) is 60.2 cm³/mol. The SMILES string of the molecule is C#CCNCC(C)Sc1cnn(C)c1. The molecule has 0 aliphatic carbocycles. The molecule has 1 atom stereocenters. The van der Waals surface area contributed by atoms with E-state index >= 15 is 0 Å². The largest absolute Gasteiger partial charge is 0.305 e.